The second-order valence-electron chi connectivity index (χ2n) is 4.79. The molecule has 1 unspecified atom stereocenters. The summed E-state index contributed by atoms with van der Waals surface area (Å²) in [7, 11) is 0. The molecule has 0 amide bonds. The number of H-pyrrole nitrogens is 1. The summed E-state index contributed by atoms with van der Waals surface area (Å²) in [6, 6.07) is 8.00. The number of benzene rings is 1. The molecular formula is C14H12N3O3-. The second kappa shape index (κ2) is 4.48. The molecule has 1 atom stereocenters. The summed E-state index contributed by atoms with van der Waals surface area (Å²) in [5, 5.41) is 10.7. The molecule has 0 saturated heterocycles. The number of carbonyl (C=O) groups is 1. The number of hydrogen-bond acceptors (Lipinski definition) is 5. The van der Waals surface area contributed by atoms with E-state index in [4.69, 9.17) is 0 Å². The molecule has 1 aromatic carbocycles. The number of nitrogens with one attached hydrogen (secondary N) is 1. The molecule has 2 heterocycles. The van der Waals surface area contributed by atoms with Crippen LogP contribution in [0.5, 0.6) is 0 Å². The van der Waals surface area contributed by atoms with E-state index in [1.54, 1.807) is 0 Å². The number of carboxylic acids is 1. The van der Waals surface area contributed by atoms with Crippen LogP contribution in [0.2, 0.25) is 0 Å². The summed E-state index contributed by atoms with van der Waals surface area (Å²) in [6.45, 7) is 2.02. The number of hydrogen-bond donors (Lipinski definition) is 1. The van der Waals surface area contributed by atoms with Gasteiger partial charge in [-0.1, -0.05) is 18.2 Å². The molecule has 1 aromatic heterocycles. The van der Waals surface area contributed by atoms with Crippen molar-refractivity contribution in [2.24, 2.45) is 0 Å². The lowest BCUT2D eigenvalue weighted by Crippen LogP contribution is -2.33. The summed E-state index contributed by atoms with van der Waals surface area (Å²) in [5.74, 6) is -1.18. The van der Waals surface area contributed by atoms with Crippen molar-refractivity contribution in [2.45, 2.75) is 19.4 Å². The molecule has 1 aliphatic rings. The number of aromatic nitrogens is 2. The first-order valence-corrected chi connectivity index (χ1v) is 6.25. The van der Waals surface area contributed by atoms with Crippen LogP contribution in [0.1, 0.15) is 22.8 Å². The van der Waals surface area contributed by atoms with Gasteiger partial charge >= 0.3 is 0 Å². The Hall–Kier alpha value is -2.63. The van der Waals surface area contributed by atoms with Gasteiger partial charge in [0.15, 0.2) is 0 Å². The second-order valence-corrected chi connectivity index (χ2v) is 4.79. The molecule has 0 saturated carbocycles. The molecule has 0 radical (unpaired) electrons. The number of aromatic amines is 1. The molecule has 6 nitrogen and oxygen atoms in total. The van der Waals surface area contributed by atoms with E-state index in [2.05, 4.69) is 9.97 Å². The Balaban J connectivity index is 2.08. The van der Waals surface area contributed by atoms with E-state index in [-0.39, 0.29) is 6.04 Å². The van der Waals surface area contributed by atoms with Gasteiger partial charge in [-0.2, -0.15) is 0 Å². The largest absolute Gasteiger partial charge is 0.545 e. The minimum absolute atomic E-state index is 0.143. The summed E-state index contributed by atoms with van der Waals surface area (Å²) < 4.78 is 0. The maximum Gasteiger partial charge on any atom is 0.261 e. The fraction of sp³-hybridized carbons (Fsp3) is 0.214. The third kappa shape index (κ3) is 1.85. The SMILES string of the molecule is CC1Cc2ccccc2N1c1ncc(C(=O)[O-])c(=O)[nH]1. The zero-order valence-corrected chi connectivity index (χ0v) is 10.8. The van der Waals surface area contributed by atoms with Crippen LogP contribution < -0.4 is 15.6 Å². The molecule has 0 aliphatic carbocycles. The lowest BCUT2D eigenvalue weighted by atomic mass is 10.1. The third-order valence-corrected chi connectivity index (χ3v) is 3.44. The smallest absolute Gasteiger partial charge is 0.261 e. The van der Waals surface area contributed by atoms with Crippen LogP contribution >= 0.6 is 0 Å². The Morgan fingerprint density at radius 2 is 2.20 bits per heavy atom. The number of para-hydroxylation sites is 1. The normalized spacial score (nSPS) is 17.1. The predicted molar refractivity (Wildman–Crippen MR) is 70.9 cm³/mol. The number of aromatic carboxylic acids is 1. The molecule has 0 spiro atoms. The molecule has 2 aromatic rings. The van der Waals surface area contributed by atoms with Crippen molar-refractivity contribution in [3.63, 3.8) is 0 Å². The highest BCUT2D eigenvalue weighted by Crippen LogP contribution is 2.35. The minimum Gasteiger partial charge on any atom is -0.545 e. The van der Waals surface area contributed by atoms with Crippen LogP contribution in [0.3, 0.4) is 0 Å². The van der Waals surface area contributed by atoms with E-state index >= 15 is 0 Å². The Bertz CT molecular complexity index is 738. The van der Waals surface area contributed by atoms with Crippen LogP contribution in [-0.2, 0) is 6.42 Å². The van der Waals surface area contributed by atoms with Crippen LogP contribution in [0, 0.1) is 0 Å². The van der Waals surface area contributed by atoms with Gasteiger partial charge in [-0.3, -0.25) is 9.78 Å². The maximum atomic E-state index is 11.7. The highest BCUT2D eigenvalue weighted by Gasteiger charge is 2.28. The molecular weight excluding hydrogens is 258 g/mol. The van der Waals surface area contributed by atoms with Crippen LogP contribution in [-0.4, -0.2) is 22.0 Å². The Labute approximate surface area is 114 Å². The van der Waals surface area contributed by atoms with Crippen LogP contribution in [0.4, 0.5) is 11.6 Å². The summed E-state index contributed by atoms with van der Waals surface area (Å²) in [4.78, 5) is 30.9. The molecule has 102 valence electrons. The number of fused-ring (bicyclic) bond motifs is 1. The van der Waals surface area contributed by atoms with E-state index in [1.807, 2.05) is 36.1 Å². The molecule has 1 aliphatic heterocycles. The Morgan fingerprint density at radius 1 is 1.45 bits per heavy atom. The van der Waals surface area contributed by atoms with Crippen molar-refractivity contribution < 1.29 is 9.90 Å². The molecule has 0 fully saturated rings. The first-order chi connectivity index (χ1) is 9.58. The molecule has 0 bridgehead atoms. The first kappa shape index (κ1) is 12.4. The van der Waals surface area contributed by atoms with Gasteiger partial charge in [0.1, 0.15) is 0 Å². The summed E-state index contributed by atoms with van der Waals surface area (Å²) in [5.41, 5.74) is 0.983. The van der Waals surface area contributed by atoms with Gasteiger partial charge in [0, 0.05) is 17.9 Å². The van der Waals surface area contributed by atoms with E-state index in [9.17, 15) is 14.7 Å². The number of carbonyl (C=O) groups excluding carboxylic acids is 1. The maximum absolute atomic E-state index is 11.7. The van der Waals surface area contributed by atoms with Gasteiger partial charge < -0.3 is 14.8 Å². The van der Waals surface area contributed by atoms with Crippen molar-refractivity contribution in [3.8, 4) is 0 Å². The van der Waals surface area contributed by atoms with Gasteiger partial charge in [-0.05, 0) is 25.0 Å². The highest BCUT2D eigenvalue weighted by atomic mass is 16.4. The summed E-state index contributed by atoms with van der Waals surface area (Å²) >= 11 is 0. The number of carboxylic acid groups (broad SMARTS) is 1. The highest BCUT2D eigenvalue weighted by molar-refractivity contribution is 5.85. The standard InChI is InChI=1S/C14H13N3O3/c1-8-6-9-4-2-3-5-11(9)17(8)14-15-7-10(13(19)20)12(18)16-14/h2-5,7-8H,6H2,1H3,(H,19,20)(H,15,16,18)/p-1. The van der Waals surface area contributed by atoms with E-state index in [0.29, 0.717) is 5.95 Å². The fourth-order valence-corrected chi connectivity index (χ4v) is 2.54. The number of nitrogens with zero attached hydrogens (tertiary/aromatic N) is 2. The first-order valence-electron chi connectivity index (χ1n) is 6.25. The Morgan fingerprint density at radius 3 is 2.90 bits per heavy atom. The van der Waals surface area contributed by atoms with Crippen LogP contribution in [0.25, 0.3) is 0 Å². The van der Waals surface area contributed by atoms with Gasteiger partial charge in [0.05, 0.1) is 11.5 Å². The minimum atomic E-state index is -1.53. The quantitative estimate of drug-likeness (QED) is 0.843. The monoisotopic (exact) mass is 270 g/mol. The van der Waals surface area contributed by atoms with Crippen molar-refractivity contribution in [2.75, 3.05) is 4.90 Å². The zero-order valence-electron chi connectivity index (χ0n) is 10.8. The van der Waals surface area contributed by atoms with Crippen LogP contribution in [0.15, 0.2) is 35.3 Å². The third-order valence-electron chi connectivity index (χ3n) is 3.44. The van der Waals surface area contributed by atoms with Gasteiger partial charge in [-0.25, -0.2) is 4.98 Å². The van der Waals surface area contributed by atoms with E-state index in [0.717, 1.165) is 18.3 Å². The van der Waals surface area contributed by atoms with Gasteiger partial charge in [0.25, 0.3) is 5.56 Å². The lowest BCUT2D eigenvalue weighted by molar-refractivity contribution is -0.255. The van der Waals surface area contributed by atoms with Gasteiger partial charge in [-0.15, -0.1) is 0 Å². The summed E-state index contributed by atoms with van der Waals surface area (Å²) in [6.07, 6.45) is 1.89. The molecule has 20 heavy (non-hydrogen) atoms. The lowest BCUT2D eigenvalue weighted by Gasteiger charge is -2.23. The fourth-order valence-electron chi connectivity index (χ4n) is 2.54. The molecule has 3 rings (SSSR count). The number of rotatable bonds is 2. The number of anilines is 2. The topological polar surface area (TPSA) is 89.1 Å². The molecule has 6 heteroatoms. The van der Waals surface area contributed by atoms with Crippen molar-refractivity contribution in [3.05, 3.63) is 51.9 Å². The predicted octanol–water partition coefficient (Wildman–Crippen LogP) is 0.216. The zero-order chi connectivity index (χ0) is 14.3. The molecule has 1 N–H and O–H groups in total. The average Bonchev–Trinajstić information content (AvgIpc) is 2.73. The van der Waals surface area contributed by atoms with Crippen molar-refractivity contribution in [1.29, 1.82) is 0 Å². The van der Waals surface area contributed by atoms with Gasteiger partial charge in [0.2, 0.25) is 5.95 Å². The van der Waals surface area contributed by atoms with Crippen molar-refractivity contribution >= 4 is 17.6 Å². The van der Waals surface area contributed by atoms with E-state index < -0.39 is 17.1 Å². The Kier molecular flexibility index (Phi) is 2.78. The average molecular weight is 270 g/mol. The van der Waals surface area contributed by atoms with Crippen molar-refractivity contribution in [1.82, 2.24) is 9.97 Å². The van der Waals surface area contributed by atoms with E-state index in [1.165, 1.54) is 5.56 Å².